The van der Waals surface area contributed by atoms with Crippen LogP contribution in [-0.2, 0) is 0 Å². The smallest absolute Gasteiger partial charge is 0.164 e. The van der Waals surface area contributed by atoms with E-state index in [-0.39, 0.29) is 0 Å². The van der Waals surface area contributed by atoms with E-state index in [0.29, 0.717) is 5.92 Å². The summed E-state index contributed by atoms with van der Waals surface area (Å²) in [6, 6.07) is 6.19. The Labute approximate surface area is 158 Å². The molecule has 1 saturated carbocycles. The van der Waals surface area contributed by atoms with Crippen molar-refractivity contribution in [3.63, 3.8) is 0 Å². The molecule has 7 heteroatoms. The van der Waals surface area contributed by atoms with E-state index in [1.807, 2.05) is 19.1 Å². The van der Waals surface area contributed by atoms with Gasteiger partial charge in [-0.05, 0) is 31.9 Å². The van der Waals surface area contributed by atoms with Gasteiger partial charge in [-0.2, -0.15) is 0 Å². The zero-order chi connectivity index (χ0) is 18.2. The number of pyridine rings is 1. The van der Waals surface area contributed by atoms with Crippen LogP contribution in [-0.4, -0.2) is 51.1 Å². The number of fused-ring (bicyclic) bond motifs is 1. The van der Waals surface area contributed by atoms with Crippen LogP contribution >= 0.6 is 0 Å². The lowest BCUT2D eigenvalue weighted by molar-refractivity contribution is 0.410. The van der Waals surface area contributed by atoms with Crippen molar-refractivity contribution in [3.8, 4) is 0 Å². The molecule has 0 N–H and O–H groups in total. The van der Waals surface area contributed by atoms with Crippen molar-refractivity contribution in [1.29, 1.82) is 0 Å². The summed E-state index contributed by atoms with van der Waals surface area (Å²) in [6.07, 6.45) is 7.23. The van der Waals surface area contributed by atoms with Crippen LogP contribution in [0, 0.1) is 6.92 Å². The average Bonchev–Trinajstić information content (AvgIpc) is 2.66. The Kier molecular flexibility index (Phi) is 4.07. The molecule has 4 heterocycles. The van der Waals surface area contributed by atoms with Gasteiger partial charge in [0.05, 0.1) is 5.39 Å². The summed E-state index contributed by atoms with van der Waals surface area (Å²) < 4.78 is 0. The first kappa shape index (κ1) is 16.4. The summed E-state index contributed by atoms with van der Waals surface area (Å²) >= 11 is 0. The van der Waals surface area contributed by atoms with Gasteiger partial charge in [-0.15, -0.1) is 0 Å². The Bertz CT molecular complexity index is 956. The van der Waals surface area contributed by atoms with Gasteiger partial charge in [0.15, 0.2) is 5.65 Å². The molecule has 0 atom stereocenters. The predicted molar refractivity (Wildman–Crippen MR) is 105 cm³/mol. The molecule has 0 unspecified atom stereocenters. The molecule has 27 heavy (non-hydrogen) atoms. The summed E-state index contributed by atoms with van der Waals surface area (Å²) in [4.78, 5) is 27.2. The van der Waals surface area contributed by atoms with E-state index < -0.39 is 0 Å². The quantitative estimate of drug-likeness (QED) is 0.710. The van der Waals surface area contributed by atoms with Gasteiger partial charge < -0.3 is 9.80 Å². The number of nitrogens with zero attached hydrogens (tertiary/aromatic N) is 7. The number of hydrogen-bond donors (Lipinski definition) is 0. The second-order valence-electron chi connectivity index (χ2n) is 7.37. The van der Waals surface area contributed by atoms with Crippen molar-refractivity contribution in [3.05, 3.63) is 42.2 Å². The van der Waals surface area contributed by atoms with Crippen molar-refractivity contribution < 1.29 is 0 Å². The number of aromatic nitrogens is 5. The fourth-order valence-electron chi connectivity index (χ4n) is 3.93. The number of hydrogen-bond acceptors (Lipinski definition) is 7. The molecule has 1 aliphatic carbocycles. The molecular formula is C20H23N7. The van der Waals surface area contributed by atoms with Crippen molar-refractivity contribution in [2.75, 3.05) is 36.0 Å². The van der Waals surface area contributed by atoms with Crippen LogP contribution in [0.25, 0.3) is 11.0 Å². The van der Waals surface area contributed by atoms with Crippen molar-refractivity contribution in [1.82, 2.24) is 24.9 Å². The molecule has 7 nitrogen and oxygen atoms in total. The van der Waals surface area contributed by atoms with E-state index in [9.17, 15) is 0 Å². The van der Waals surface area contributed by atoms with E-state index in [1.54, 1.807) is 12.5 Å². The Morgan fingerprint density at radius 1 is 0.963 bits per heavy atom. The molecule has 1 saturated heterocycles. The minimum Gasteiger partial charge on any atom is -0.353 e. The monoisotopic (exact) mass is 361 g/mol. The summed E-state index contributed by atoms with van der Waals surface area (Å²) in [7, 11) is 0. The molecule has 2 fully saturated rings. The Hall–Kier alpha value is -2.83. The van der Waals surface area contributed by atoms with Crippen LogP contribution in [0.3, 0.4) is 0 Å². The van der Waals surface area contributed by atoms with Crippen molar-refractivity contribution in [2.45, 2.75) is 32.1 Å². The molecule has 3 aromatic rings. The summed E-state index contributed by atoms with van der Waals surface area (Å²) in [5.74, 6) is 3.55. The molecule has 1 aliphatic heterocycles. The first-order valence-corrected chi connectivity index (χ1v) is 9.69. The Balaban J connectivity index is 1.35. The number of anilines is 2. The number of aryl methyl sites for hydroxylation is 1. The summed E-state index contributed by atoms with van der Waals surface area (Å²) in [5, 5.41) is 1.01. The maximum atomic E-state index is 4.71. The van der Waals surface area contributed by atoms with Gasteiger partial charge in [0.25, 0.3) is 0 Å². The lowest BCUT2D eigenvalue weighted by Gasteiger charge is -2.36. The van der Waals surface area contributed by atoms with Gasteiger partial charge in [0.1, 0.15) is 23.8 Å². The normalized spacial score (nSPS) is 18.0. The molecular weight excluding hydrogens is 338 g/mol. The van der Waals surface area contributed by atoms with Crippen LogP contribution in [0.2, 0.25) is 0 Å². The predicted octanol–water partition coefficient (Wildman–Crippen LogP) is 2.72. The number of piperazine rings is 1. The minimum atomic E-state index is 0.631. The lowest BCUT2D eigenvalue weighted by atomic mass is 9.83. The number of rotatable bonds is 3. The Morgan fingerprint density at radius 2 is 1.78 bits per heavy atom. The highest BCUT2D eigenvalue weighted by Gasteiger charge is 2.25. The van der Waals surface area contributed by atoms with Gasteiger partial charge in [0, 0.05) is 50.1 Å². The second kappa shape index (κ2) is 6.72. The lowest BCUT2D eigenvalue weighted by Crippen LogP contribution is -2.47. The van der Waals surface area contributed by atoms with Gasteiger partial charge in [-0.3, -0.25) is 0 Å². The SMILES string of the molecule is Cc1nc(C2CCC2)cc(N2CCN(c3ncnc4ncccc34)CC2)n1. The third kappa shape index (κ3) is 3.07. The standard InChI is InChI=1S/C20H23N7/c1-14-24-17(15-4-2-5-15)12-18(25-14)26-8-10-27(11-9-26)20-16-6-3-7-21-19(16)22-13-23-20/h3,6-7,12-13,15H,2,4-5,8-11H2,1H3. The molecule has 0 radical (unpaired) electrons. The second-order valence-corrected chi connectivity index (χ2v) is 7.37. The molecule has 0 amide bonds. The van der Waals surface area contributed by atoms with Gasteiger partial charge >= 0.3 is 0 Å². The highest BCUT2D eigenvalue weighted by Crippen LogP contribution is 2.36. The van der Waals surface area contributed by atoms with Crippen molar-refractivity contribution >= 4 is 22.7 Å². The first-order chi connectivity index (χ1) is 13.3. The van der Waals surface area contributed by atoms with E-state index in [2.05, 4.69) is 35.8 Å². The zero-order valence-electron chi connectivity index (χ0n) is 15.5. The molecule has 0 bridgehead atoms. The van der Waals surface area contributed by atoms with Crippen LogP contribution in [0.5, 0.6) is 0 Å². The summed E-state index contributed by atoms with van der Waals surface area (Å²) in [5.41, 5.74) is 1.97. The van der Waals surface area contributed by atoms with E-state index in [4.69, 9.17) is 4.98 Å². The topological polar surface area (TPSA) is 70.9 Å². The van der Waals surface area contributed by atoms with Crippen molar-refractivity contribution in [2.24, 2.45) is 0 Å². The third-order valence-electron chi connectivity index (χ3n) is 5.66. The van der Waals surface area contributed by atoms with E-state index >= 15 is 0 Å². The highest BCUT2D eigenvalue weighted by molar-refractivity contribution is 5.86. The maximum absolute atomic E-state index is 4.71. The molecule has 3 aromatic heterocycles. The molecule has 2 aliphatic rings. The third-order valence-corrected chi connectivity index (χ3v) is 5.66. The van der Waals surface area contributed by atoms with Gasteiger partial charge in [-0.1, -0.05) is 6.42 Å². The first-order valence-electron chi connectivity index (χ1n) is 9.69. The van der Waals surface area contributed by atoms with E-state index in [1.165, 1.54) is 25.0 Å². The largest absolute Gasteiger partial charge is 0.353 e. The van der Waals surface area contributed by atoms with Crippen LogP contribution in [0.4, 0.5) is 11.6 Å². The fourth-order valence-corrected chi connectivity index (χ4v) is 3.93. The molecule has 138 valence electrons. The molecule has 5 rings (SSSR count). The minimum absolute atomic E-state index is 0.631. The van der Waals surface area contributed by atoms with Crippen LogP contribution < -0.4 is 9.80 Å². The van der Waals surface area contributed by atoms with E-state index in [0.717, 1.165) is 54.7 Å². The molecule has 0 spiro atoms. The fraction of sp³-hybridized carbons (Fsp3) is 0.450. The van der Waals surface area contributed by atoms with Gasteiger partial charge in [-0.25, -0.2) is 24.9 Å². The Morgan fingerprint density at radius 3 is 2.56 bits per heavy atom. The van der Waals surface area contributed by atoms with Crippen LogP contribution in [0.1, 0.15) is 36.7 Å². The average molecular weight is 361 g/mol. The zero-order valence-corrected chi connectivity index (χ0v) is 15.5. The maximum Gasteiger partial charge on any atom is 0.164 e. The molecule has 0 aromatic carbocycles. The van der Waals surface area contributed by atoms with Gasteiger partial charge in [0.2, 0.25) is 0 Å². The van der Waals surface area contributed by atoms with Crippen LogP contribution in [0.15, 0.2) is 30.7 Å². The summed E-state index contributed by atoms with van der Waals surface area (Å²) in [6.45, 7) is 5.66. The highest BCUT2D eigenvalue weighted by atomic mass is 15.3.